The van der Waals surface area contributed by atoms with E-state index in [9.17, 15) is 27.6 Å². The molecule has 0 fully saturated rings. The van der Waals surface area contributed by atoms with Crippen LogP contribution in [0, 0.1) is 0 Å². The van der Waals surface area contributed by atoms with Crippen molar-refractivity contribution >= 4 is 40.1 Å². The number of hydrogen-bond donors (Lipinski definition) is 0. The Hall–Kier alpha value is -2.78. The number of carbonyl (C=O) groups is 1. The molecule has 0 aliphatic heterocycles. The largest absolute Gasteiger partial charge is 0.465 e. The van der Waals surface area contributed by atoms with Crippen molar-refractivity contribution in [2.75, 3.05) is 6.61 Å². The number of hydrogen-bond acceptors (Lipinski definition) is 4. The second kappa shape index (κ2) is 8.76. The highest BCUT2D eigenvalue weighted by atomic mass is 35.5. The Balaban J connectivity index is 2.20. The predicted octanol–water partition coefficient (Wildman–Crippen LogP) is 4.10. The molecule has 2 aromatic carbocycles. The number of benzene rings is 2. The van der Waals surface area contributed by atoms with E-state index in [1.807, 2.05) is 0 Å². The van der Waals surface area contributed by atoms with Crippen LogP contribution in [0.5, 0.6) is 0 Å². The van der Waals surface area contributed by atoms with E-state index < -0.39 is 47.1 Å². The van der Waals surface area contributed by atoms with Gasteiger partial charge in [0.05, 0.1) is 34.6 Å². The van der Waals surface area contributed by atoms with Gasteiger partial charge in [0.25, 0.3) is 5.56 Å². The summed E-state index contributed by atoms with van der Waals surface area (Å²) in [5, 5.41) is -0.205. The monoisotopic (exact) mass is 474 g/mol. The number of esters is 1. The van der Waals surface area contributed by atoms with Crippen LogP contribution in [0.25, 0.3) is 10.9 Å². The Morgan fingerprint density at radius 3 is 2.42 bits per heavy atom. The number of alkyl halides is 3. The molecule has 31 heavy (non-hydrogen) atoms. The summed E-state index contributed by atoms with van der Waals surface area (Å²) in [5.41, 5.74) is -2.57. The molecule has 0 N–H and O–H groups in total. The summed E-state index contributed by atoms with van der Waals surface area (Å²) in [6.07, 6.45) is -4.71. The molecular formula is C20H15Cl2F3N2O4. The second-order valence-electron chi connectivity index (χ2n) is 6.54. The molecule has 0 aliphatic carbocycles. The zero-order valence-corrected chi connectivity index (χ0v) is 17.5. The predicted molar refractivity (Wildman–Crippen MR) is 110 cm³/mol. The molecule has 0 atom stereocenters. The van der Waals surface area contributed by atoms with Crippen molar-refractivity contribution in [3.8, 4) is 0 Å². The Morgan fingerprint density at radius 2 is 1.77 bits per heavy atom. The number of halogens is 5. The molecule has 3 aromatic rings. The maximum absolute atomic E-state index is 13.2. The third kappa shape index (κ3) is 4.77. The van der Waals surface area contributed by atoms with Crippen molar-refractivity contribution in [3.63, 3.8) is 0 Å². The van der Waals surface area contributed by atoms with Crippen LogP contribution in [-0.2, 0) is 28.8 Å². The molecule has 1 aromatic heterocycles. The van der Waals surface area contributed by atoms with Gasteiger partial charge in [-0.2, -0.15) is 13.2 Å². The van der Waals surface area contributed by atoms with Crippen LogP contribution >= 0.6 is 23.2 Å². The van der Waals surface area contributed by atoms with Crippen molar-refractivity contribution < 1.29 is 22.7 Å². The van der Waals surface area contributed by atoms with E-state index in [4.69, 9.17) is 27.9 Å². The molecule has 11 heteroatoms. The van der Waals surface area contributed by atoms with Gasteiger partial charge in [-0.3, -0.25) is 18.7 Å². The lowest BCUT2D eigenvalue weighted by atomic mass is 10.1. The van der Waals surface area contributed by atoms with Crippen LogP contribution in [0.15, 0.2) is 46.0 Å². The molecule has 6 nitrogen and oxygen atoms in total. The minimum absolute atomic E-state index is 0.0342. The third-order valence-corrected chi connectivity index (χ3v) is 5.02. The van der Waals surface area contributed by atoms with Gasteiger partial charge in [0.1, 0.15) is 6.54 Å². The average Bonchev–Trinajstić information content (AvgIpc) is 2.69. The van der Waals surface area contributed by atoms with Crippen LogP contribution in [0.4, 0.5) is 13.2 Å². The van der Waals surface area contributed by atoms with E-state index in [2.05, 4.69) is 0 Å². The Kier molecular flexibility index (Phi) is 6.47. The van der Waals surface area contributed by atoms with Gasteiger partial charge in [0, 0.05) is 5.02 Å². The lowest BCUT2D eigenvalue weighted by molar-refractivity contribution is -0.143. The number of carbonyl (C=O) groups excluding carboxylic acids is 1. The van der Waals surface area contributed by atoms with Gasteiger partial charge >= 0.3 is 17.8 Å². The first-order chi connectivity index (χ1) is 14.5. The second-order valence-corrected chi connectivity index (χ2v) is 7.38. The average molecular weight is 475 g/mol. The van der Waals surface area contributed by atoms with Gasteiger partial charge in [-0.1, -0.05) is 29.3 Å². The van der Waals surface area contributed by atoms with E-state index in [1.165, 1.54) is 24.3 Å². The fraction of sp³-hybridized carbons (Fsp3) is 0.250. The quantitative estimate of drug-likeness (QED) is 0.522. The zero-order valence-electron chi connectivity index (χ0n) is 16.0. The summed E-state index contributed by atoms with van der Waals surface area (Å²) in [6.45, 7) is 0.712. The summed E-state index contributed by atoms with van der Waals surface area (Å²) < 4.78 is 46.1. The summed E-state index contributed by atoms with van der Waals surface area (Å²) in [7, 11) is 0. The number of aromatic nitrogens is 2. The molecular weight excluding hydrogens is 460 g/mol. The van der Waals surface area contributed by atoms with Crippen LogP contribution in [0.2, 0.25) is 10.0 Å². The first-order valence-corrected chi connectivity index (χ1v) is 9.72. The van der Waals surface area contributed by atoms with Crippen LogP contribution in [0.1, 0.15) is 18.1 Å². The van der Waals surface area contributed by atoms with Gasteiger partial charge in [-0.05, 0) is 42.8 Å². The van der Waals surface area contributed by atoms with E-state index in [-0.39, 0.29) is 28.1 Å². The highest BCUT2D eigenvalue weighted by Crippen LogP contribution is 2.35. The van der Waals surface area contributed by atoms with Crippen molar-refractivity contribution in [1.29, 1.82) is 0 Å². The number of rotatable bonds is 5. The smallest absolute Gasteiger partial charge is 0.417 e. The fourth-order valence-corrected chi connectivity index (χ4v) is 3.48. The molecule has 0 saturated carbocycles. The van der Waals surface area contributed by atoms with E-state index in [0.29, 0.717) is 0 Å². The summed E-state index contributed by atoms with van der Waals surface area (Å²) in [4.78, 5) is 38.0. The first kappa shape index (κ1) is 22.9. The third-order valence-electron chi connectivity index (χ3n) is 4.46. The van der Waals surface area contributed by atoms with Gasteiger partial charge in [0.2, 0.25) is 0 Å². The minimum atomic E-state index is -4.71. The molecule has 0 radical (unpaired) electrons. The van der Waals surface area contributed by atoms with Gasteiger partial charge in [-0.15, -0.1) is 0 Å². The van der Waals surface area contributed by atoms with Gasteiger partial charge in [0.15, 0.2) is 0 Å². The van der Waals surface area contributed by atoms with Crippen LogP contribution in [0.3, 0.4) is 0 Å². The van der Waals surface area contributed by atoms with Gasteiger partial charge in [-0.25, -0.2) is 4.79 Å². The maximum Gasteiger partial charge on any atom is 0.417 e. The molecule has 0 amide bonds. The highest BCUT2D eigenvalue weighted by Gasteiger charge is 2.33. The summed E-state index contributed by atoms with van der Waals surface area (Å²) in [5.74, 6) is -0.720. The Labute approximate surface area is 183 Å². The van der Waals surface area contributed by atoms with E-state index in [0.717, 1.165) is 21.3 Å². The SMILES string of the molecule is CCOC(=O)Cn1c(=O)n(Cc2ccc(Cl)c(C(F)(F)F)c2)c(=O)c2ccc(Cl)cc21. The molecule has 0 spiro atoms. The summed E-state index contributed by atoms with van der Waals surface area (Å²) in [6, 6.07) is 7.26. The van der Waals surface area contributed by atoms with Crippen molar-refractivity contribution in [3.05, 3.63) is 78.4 Å². The first-order valence-electron chi connectivity index (χ1n) is 8.97. The molecule has 0 aliphatic rings. The van der Waals surface area contributed by atoms with Crippen molar-refractivity contribution in [2.45, 2.75) is 26.2 Å². The van der Waals surface area contributed by atoms with E-state index in [1.54, 1.807) is 6.92 Å². The topological polar surface area (TPSA) is 70.3 Å². The molecule has 164 valence electrons. The Bertz CT molecular complexity index is 1280. The van der Waals surface area contributed by atoms with Gasteiger partial charge < -0.3 is 4.74 Å². The molecule has 0 unspecified atom stereocenters. The van der Waals surface area contributed by atoms with Crippen molar-refractivity contribution in [2.24, 2.45) is 0 Å². The fourth-order valence-electron chi connectivity index (χ4n) is 3.09. The van der Waals surface area contributed by atoms with Crippen LogP contribution < -0.4 is 11.2 Å². The number of ether oxygens (including phenoxy) is 1. The molecule has 3 rings (SSSR count). The van der Waals surface area contributed by atoms with E-state index >= 15 is 0 Å². The lowest BCUT2D eigenvalue weighted by Gasteiger charge is -2.15. The Morgan fingerprint density at radius 1 is 1.06 bits per heavy atom. The number of nitrogens with zero attached hydrogens (tertiary/aromatic N) is 2. The van der Waals surface area contributed by atoms with Crippen molar-refractivity contribution in [1.82, 2.24) is 9.13 Å². The standard InChI is InChI=1S/C20H15Cl2F3N2O4/c1-2-31-17(28)10-26-16-8-12(21)4-5-13(16)18(29)27(19(26)30)9-11-3-6-15(22)14(7-11)20(23,24)25/h3-8H,2,9-10H2,1H3. The normalized spacial score (nSPS) is 11.7. The maximum atomic E-state index is 13.2. The molecule has 1 heterocycles. The molecule has 0 bridgehead atoms. The molecule has 0 saturated heterocycles. The number of fused-ring (bicyclic) bond motifs is 1. The zero-order chi connectivity index (χ0) is 22.9. The minimum Gasteiger partial charge on any atom is -0.465 e. The summed E-state index contributed by atoms with van der Waals surface area (Å²) >= 11 is 11.6. The van der Waals surface area contributed by atoms with Crippen LogP contribution in [-0.4, -0.2) is 21.7 Å². The highest BCUT2D eigenvalue weighted by molar-refractivity contribution is 6.31. The lowest BCUT2D eigenvalue weighted by Crippen LogP contribution is -2.41.